The smallest absolute Gasteiger partial charge is 0.267 e. The van der Waals surface area contributed by atoms with Crippen LogP contribution in [0.15, 0.2) is 16.0 Å². The molecule has 0 amide bonds. The van der Waals surface area contributed by atoms with Gasteiger partial charge in [-0.3, -0.25) is 9.89 Å². The van der Waals surface area contributed by atoms with Crippen molar-refractivity contribution >= 4 is 28.1 Å². The van der Waals surface area contributed by atoms with Gasteiger partial charge in [-0.25, -0.2) is 9.97 Å². The van der Waals surface area contributed by atoms with E-state index in [1.54, 1.807) is 0 Å². The van der Waals surface area contributed by atoms with Crippen LogP contribution >= 0.6 is 23.1 Å². The summed E-state index contributed by atoms with van der Waals surface area (Å²) in [6.07, 6.45) is 1.87. The average molecular weight is 322 g/mol. The standard InChI is InChI=1S/C12H14N6OS2/c1-3-4-9-17-18-10(19)5-8(14-12(18)21-9)6-20-11-13-7(2)15-16-11/h5H,3-4,6H2,1-2H3,(H,13,15,16). The molecule has 0 aliphatic heterocycles. The Bertz CT molecular complexity index is 821. The van der Waals surface area contributed by atoms with Crippen LogP contribution < -0.4 is 5.56 Å². The summed E-state index contributed by atoms with van der Waals surface area (Å²) in [4.78, 5) is 21.4. The second-order valence-corrected chi connectivity index (χ2v) is 6.50. The normalized spacial score (nSPS) is 11.3. The Labute approximate surface area is 128 Å². The molecule has 1 N–H and O–H groups in total. The van der Waals surface area contributed by atoms with E-state index < -0.39 is 0 Å². The second kappa shape index (κ2) is 5.94. The zero-order chi connectivity index (χ0) is 14.8. The van der Waals surface area contributed by atoms with Gasteiger partial charge >= 0.3 is 0 Å². The third-order valence-electron chi connectivity index (χ3n) is 2.73. The van der Waals surface area contributed by atoms with Crippen molar-refractivity contribution in [3.8, 4) is 0 Å². The highest BCUT2D eigenvalue weighted by Gasteiger charge is 2.09. The first-order chi connectivity index (χ1) is 10.2. The minimum absolute atomic E-state index is 0.139. The van der Waals surface area contributed by atoms with Crippen LogP contribution in [0.3, 0.4) is 0 Å². The van der Waals surface area contributed by atoms with Crippen molar-refractivity contribution < 1.29 is 0 Å². The molecular formula is C12H14N6OS2. The van der Waals surface area contributed by atoms with Gasteiger partial charge in [-0.05, 0) is 13.3 Å². The van der Waals surface area contributed by atoms with E-state index in [0.717, 1.165) is 29.4 Å². The molecule has 0 spiro atoms. The van der Waals surface area contributed by atoms with Gasteiger partial charge in [0.05, 0.1) is 5.69 Å². The lowest BCUT2D eigenvalue weighted by Gasteiger charge is -1.97. The summed E-state index contributed by atoms with van der Waals surface area (Å²) in [7, 11) is 0. The zero-order valence-electron chi connectivity index (χ0n) is 11.7. The SMILES string of the molecule is CCCc1nn2c(=O)cc(CSc3n[nH]c(C)n3)nc2s1. The quantitative estimate of drug-likeness (QED) is 0.721. The molecule has 0 radical (unpaired) electrons. The van der Waals surface area contributed by atoms with Gasteiger partial charge in [0, 0.05) is 18.2 Å². The second-order valence-electron chi connectivity index (χ2n) is 4.52. The zero-order valence-corrected chi connectivity index (χ0v) is 13.3. The van der Waals surface area contributed by atoms with E-state index in [9.17, 15) is 4.79 Å². The van der Waals surface area contributed by atoms with Crippen LogP contribution in [-0.2, 0) is 12.2 Å². The molecule has 9 heteroatoms. The number of hydrogen-bond donors (Lipinski definition) is 1. The van der Waals surface area contributed by atoms with Crippen LogP contribution in [0.4, 0.5) is 0 Å². The van der Waals surface area contributed by atoms with Crippen LogP contribution in [0.5, 0.6) is 0 Å². The number of thioether (sulfide) groups is 1. The Morgan fingerprint density at radius 2 is 2.29 bits per heavy atom. The van der Waals surface area contributed by atoms with Crippen molar-refractivity contribution in [2.45, 2.75) is 37.6 Å². The number of aromatic amines is 1. The van der Waals surface area contributed by atoms with E-state index in [1.807, 2.05) is 6.92 Å². The number of rotatable bonds is 5. The fourth-order valence-electron chi connectivity index (χ4n) is 1.81. The number of nitrogens with zero attached hydrogens (tertiary/aromatic N) is 5. The van der Waals surface area contributed by atoms with Crippen molar-refractivity contribution in [2.24, 2.45) is 0 Å². The van der Waals surface area contributed by atoms with Crippen LogP contribution in [0.1, 0.15) is 29.9 Å². The van der Waals surface area contributed by atoms with Crippen molar-refractivity contribution in [3.63, 3.8) is 0 Å². The fraction of sp³-hybridized carbons (Fsp3) is 0.417. The van der Waals surface area contributed by atoms with Gasteiger partial charge in [0.15, 0.2) is 0 Å². The Morgan fingerprint density at radius 3 is 3.00 bits per heavy atom. The molecule has 3 aromatic rings. The molecule has 0 aliphatic rings. The maximum absolute atomic E-state index is 12.1. The number of fused-ring (bicyclic) bond motifs is 1. The lowest BCUT2D eigenvalue weighted by molar-refractivity contribution is 0.818. The van der Waals surface area contributed by atoms with Gasteiger partial charge in [0.1, 0.15) is 10.8 Å². The molecule has 3 rings (SSSR count). The first kappa shape index (κ1) is 14.2. The van der Waals surface area contributed by atoms with E-state index in [4.69, 9.17) is 0 Å². The maximum Gasteiger partial charge on any atom is 0.275 e. The average Bonchev–Trinajstić information content (AvgIpc) is 3.03. The summed E-state index contributed by atoms with van der Waals surface area (Å²) < 4.78 is 1.38. The van der Waals surface area contributed by atoms with Gasteiger partial charge in [-0.1, -0.05) is 30.0 Å². The number of aromatic nitrogens is 6. The van der Waals surface area contributed by atoms with Crippen molar-refractivity contribution in [2.75, 3.05) is 0 Å². The molecule has 21 heavy (non-hydrogen) atoms. The number of aryl methyl sites for hydroxylation is 2. The molecule has 3 aromatic heterocycles. The van der Waals surface area contributed by atoms with Crippen LogP contribution in [0.25, 0.3) is 4.96 Å². The highest BCUT2D eigenvalue weighted by atomic mass is 32.2. The molecule has 0 aliphatic carbocycles. The minimum atomic E-state index is -0.139. The van der Waals surface area contributed by atoms with Crippen molar-refractivity contribution in [1.29, 1.82) is 0 Å². The van der Waals surface area contributed by atoms with Crippen LogP contribution in [-0.4, -0.2) is 29.8 Å². The molecular weight excluding hydrogens is 308 g/mol. The monoisotopic (exact) mass is 322 g/mol. The lowest BCUT2D eigenvalue weighted by Crippen LogP contribution is -2.15. The van der Waals surface area contributed by atoms with Gasteiger partial charge in [-0.2, -0.15) is 9.61 Å². The highest BCUT2D eigenvalue weighted by molar-refractivity contribution is 7.98. The van der Waals surface area contributed by atoms with Crippen LogP contribution in [0, 0.1) is 6.92 Å². The summed E-state index contributed by atoms with van der Waals surface area (Å²) in [6, 6.07) is 1.52. The fourth-order valence-corrected chi connectivity index (χ4v) is 3.57. The van der Waals surface area contributed by atoms with Gasteiger partial charge in [-0.15, -0.1) is 5.10 Å². The van der Waals surface area contributed by atoms with E-state index in [0.29, 0.717) is 15.9 Å². The Morgan fingerprint density at radius 1 is 1.43 bits per heavy atom. The molecule has 0 saturated heterocycles. The Balaban J connectivity index is 1.84. The van der Waals surface area contributed by atoms with E-state index in [-0.39, 0.29) is 5.56 Å². The summed E-state index contributed by atoms with van der Waals surface area (Å²) in [6.45, 7) is 3.93. The summed E-state index contributed by atoms with van der Waals surface area (Å²) in [5.74, 6) is 1.33. The van der Waals surface area contributed by atoms with Crippen molar-refractivity contribution in [3.05, 3.63) is 32.9 Å². The largest absolute Gasteiger partial charge is 0.275 e. The third kappa shape index (κ3) is 3.13. The van der Waals surface area contributed by atoms with E-state index in [2.05, 4.69) is 32.2 Å². The molecule has 7 nitrogen and oxygen atoms in total. The van der Waals surface area contributed by atoms with Gasteiger partial charge < -0.3 is 0 Å². The first-order valence-electron chi connectivity index (χ1n) is 6.56. The first-order valence-corrected chi connectivity index (χ1v) is 8.36. The molecule has 0 atom stereocenters. The van der Waals surface area contributed by atoms with Gasteiger partial charge in [0.25, 0.3) is 5.56 Å². The van der Waals surface area contributed by atoms with Crippen molar-refractivity contribution in [1.82, 2.24) is 29.8 Å². The predicted molar refractivity (Wildman–Crippen MR) is 81.8 cm³/mol. The molecule has 0 bridgehead atoms. The Hall–Kier alpha value is -1.74. The minimum Gasteiger partial charge on any atom is -0.267 e. The third-order valence-corrected chi connectivity index (χ3v) is 4.58. The number of H-pyrrole nitrogens is 1. The number of nitrogens with one attached hydrogen (secondary N) is 1. The summed E-state index contributed by atoms with van der Waals surface area (Å²) in [5, 5.41) is 12.7. The molecule has 0 saturated carbocycles. The summed E-state index contributed by atoms with van der Waals surface area (Å²) in [5.41, 5.74) is 0.583. The van der Waals surface area contributed by atoms with Gasteiger partial charge in [0.2, 0.25) is 10.1 Å². The van der Waals surface area contributed by atoms with E-state index >= 15 is 0 Å². The van der Waals surface area contributed by atoms with Crippen LogP contribution in [0.2, 0.25) is 0 Å². The lowest BCUT2D eigenvalue weighted by atomic mass is 10.4. The number of hydrogen-bond acceptors (Lipinski definition) is 7. The molecule has 110 valence electrons. The molecule has 3 heterocycles. The Kier molecular flexibility index (Phi) is 4.02. The predicted octanol–water partition coefficient (Wildman–Crippen LogP) is 1.82. The summed E-state index contributed by atoms with van der Waals surface area (Å²) >= 11 is 2.92. The highest BCUT2D eigenvalue weighted by Crippen LogP contribution is 2.19. The molecule has 0 unspecified atom stereocenters. The maximum atomic E-state index is 12.1. The van der Waals surface area contributed by atoms with E-state index in [1.165, 1.54) is 33.7 Å². The molecule has 0 aromatic carbocycles. The topological polar surface area (TPSA) is 88.8 Å². The molecule has 0 fully saturated rings.